The third-order valence-corrected chi connectivity index (χ3v) is 3.06. The smallest absolute Gasteiger partial charge is 0.335 e. The molecule has 138 valence electrons. The van der Waals surface area contributed by atoms with E-state index in [9.17, 15) is 29.7 Å². The van der Waals surface area contributed by atoms with Crippen molar-refractivity contribution in [3.63, 3.8) is 0 Å². The standard InChI is InChI=1S/C13H20O11/c1-5(14)21-3-7(23-6(2)15)4-22-13-10(18)8(16)9(17)11(24-13)12(19)20/h7-11,13,16-18H,3-4H2,1-2H3,(H,19,20)/t7-,8+,9+,10-,11+,13+/m1/s1. The summed E-state index contributed by atoms with van der Waals surface area (Å²) in [4.78, 5) is 32.8. The normalized spacial score (nSPS) is 31.1. The number of esters is 2. The van der Waals surface area contributed by atoms with E-state index < -0.39 is 61.3 Å². The van der Waals surface area contributed by atoms with Crippen LogP contribution < -0.4 is 0 Å². The summed E-state index contributed by atoms with van der Waals surface area (Å²) >= 11 is 0. The second kappa shape index (κ2) is 8.89. The van der Waals surface area contributed by atoms with Crippen LogP contribution in [0.3, 0.4) is 0 Å². The van der Waals surface area contributed by atoms with Crippen LogP contribution in [-0.4, -0.2) is 88.4 Å². The second-order valence-corrected chi connectivity index (χ2v) is 5.10. The van der Waals surface area contributed by atoms with Crippen LogP contribution in [0.2, 0.25) is 0 Å². The molecule has 0 aliphatic carbocycles. The van der Waals surface area contributed by atoms with Crippen molar-refractivity contribution < 1.29 is 53.8 Å². The van der Waals surface area contributed by atoms with Crippen molar-refractivity contribution in [2.24, 2.45) is 0 Å². The molecule has 0 aromatic heterocycles. The van der Waals surface area contributed by atoms with E-state index in [1.165, 1.54) is 0 Å². The molecule has 1 heterocycles. The molecule has 0 aromatic carbocycles. The van der Waals surface area contributed by atoms with E-state index in [0.717, 1.165) is 13.8 Å². The van der Waals surface area contributed by atoms with Gasteiger partial charge in [0.05, 0.1) is 6.61 Å². The highest BCUT2D eigenvalue weighted by molar-refractivity contribution is 5.73. The largest absolute Gasteiger partial charge is 0.479 e. The molecule has 1 aliphatic heterocycles. The number of hydrogen-bond acceptors (Lipinski definition) is 10. The maximum absolute atomic E-state index is 11.0. The van der Waals surface area contributed by atoms with Crippen molar-refractivity contribution in [1.82, 2.24) is 0 Å². The SMILES string of the molecule is CC(=O)OC[C@H](CO[C@H]1O[C@H](C(=O)O)[C@@H](O)[C@H](O)[C@H]1O)OC(C)=O. The van der Waals surface area contributed by atoms with Gasteiger partial charge in [-0.3, -0.25) is 9.59 Å². The molecule has 0 aromatic rings. The fraction of sp³-hybridized carbons (Fsp3) is 0.769. The highest BCUT2D eigenvalue weighted by Crippen LogP contribution is 2.22. The highest BCUT2D eigenvalue weighted by atomic mass is 16.7. The third-order valence-electron chi connectivity index (χ3n) is 3.06. The third kappa shape index (κ3) is 5.69. The zero-order valence-electron chi connectivity index (χ0n) is 13.0. The number of aliphatic hydroxyl groups excluding tert-OH is 3. The zero-order chi connectivity index (χ0) is 18.4. The highest BCUT2D eigenvalue weighted by Gasteiger charge is 2.47. The maximum atomic E-state index is 11.0. The molecule has 11 nitrogen and oxygen atoms in total. The van der Waals surface area contributed by atoms with E-state index in [0.29, 0.717) is 0 Å². The Kier molecular flexibility index (Phi) is 7.51. The molecule has 0 saturated carbocycles. The van der Waals surface area contributed by atoms with E-state index in [1.54, 1.807) is 0 Å². The van der Waals surface area contributed by atoms with Crippen LogP contribution in [0.4, 0.5) is 0 Å². The Balaban J connectivity index is 2.67. The average molecular weight is 352 g/mol. The van der Waals surface area contributed by atoms with Crippen LogP contribution in [-0.2, 0) is 33.3 Å². The summed E-state index contributed by atoms with van der Waals surface area (Å²) in [7, 11) is 0. The van der Waals surface area contributed by atoms with Crippen LogP contribution in [0.25, 0.3) is 0 Å². The summed E-state index contributed by atoms with van der Waals surface area (Å²) in [6.07, 6.45) is -9.83. The van der Waals surface area contributed by atoms with Gasteiger partial charge in [-0.2, -0.15) is 0 Å². The number of carbonyl (C=O) groups is 3. The minimum absolute atomic E-state index is 0.328. The Bertz CT molecular complexity index is 465. The van der Waals surface area contributed by atoms with Gasteiger partial charge in [0.15, 0.2) is 18.5 Å². The van der Waals surface area contributed by atoms with Gasteiger partial charge in [-0.15, -0.1) is 0 Å². The van der Waals surface area contributed by atoms with E-state index in [4.69, 9.17) is 19.3 Å². The molecule has 24 heavy (non-hydrogen) atoms. The van der Waals surface area contributed by atoms with Gasteiger partial charge in [-0.1, -0.05) is 0 Å². The fourth-order valence-corrected chi connectivity index (χ4v) is 1.95. The summed E-state index contributed by atoms with van der Waals surface area (Å²) in [5, 5.41) is 37.9. The van der Waals surface area contributed by atoms with E-state index in [2.05, 4.69) is 4.74 Å². The Hall–Kier alpha value is -1.79. The van der Waals surface area contributed by atoms with Crippen LogP contribution >= 0.6 is 0 Å². The lowest BCUT2D eigenvalue weighted by atomic mass is 9.99. The predicted molar refractivity (Wildman–Crippen MR) is 72.5 cm³/mol. The minimum Gasteiger partial charge on any atom is -0.479 e. The number of carboxylic acids is 1. The lowest BCUT2D eigenvalue weighted by Gasteiger charge is -2.38. The fourth-order valence-electron chi connectivity index (χ4n) is 1.95. The van der Waals surface area contributed by atoms with Crippen LogP contribution in [0.5, 0.6) is 0 Å². The zero-order valence-corrected chi connectivity index (χ0v) is 13.0. The van der Waals surface area contributed by atoms with Crippen molar-refractivity contribution >= 4 is 17.9 Å². The number of carbonyl (C=O) groups excluding carboxylic acids is 2. The summed E-state index contributed by atoms with van der Waals surface area (Å²) in [5.74, 6) is -2.86. The van der Waals surface area contributed by atoms with E-state index in [1.807, 2.05) is 0 Å². The molecule has 1 fully saturated rings. The van der Waals surface area contributed by atoms with Crippen molar-refractivity contribution in [2.45, 2.75) is 50.7 Å². The van der Waals surface area contributed by atoms with E-state index in [-0.39, 0.29) is 6.61 Å². The number of aliphatic hydroxyl groups is 3. The Morgan fingerprint density at radius 3 is 2.12 bits per heavy atom. The molecule has 0 bridgehead atoms. The summed E-state index contributed by atoms with van der Waals surface area (Å²) in [6.45, 7) is 1.52. The van der Waals surface area contributed by atoms with Gasteiger partial charge in [-0.25, -0.2) is 4.79 Å². The quantitative estimate of drug-likeness (QED) is 0.354. The lowest BCUT2D eigenvalue weighted by molar-refractivity contribution is -0.298. The minimum atomic E-state index is -1.84. The van der Waals surface area contributed by atoms with Gasteiger partial charge in [0.1, 0.15) is 24.9 Å². The monoisotopic (exact) mass is 352 g/mol. The molecule has 1 saturated heterocycles. The van der Waals surface area contributed by atoms with Gasteiger partial charge < -0.3 is 39.4 Å². The molecule has 0 amide bonds. The molecular formula is C13H20O11. The Morgan fingerprint density at radius 1 is 1.00 bits per heavy atom. The second-order valence-electron chi connectivity index (χ2n) is 5.10. The summed E-state index contributed by atoms with van der Waals surface area (Å²) in [6, 6.07) is 0. The van der Waals surface area contributed by atoms with Crippen LogP contribution in [0.1, 0.15) is 13.8 Å². The Labute approximate surface area is 136 Å². The average Bonchev–Trinajstić information content (AvgIpc) is 2.48. The molecule has 1 aliphatic rings. The number of hydrogen-bond donors (Lipinski definition) is 4. The van der Waals surface area contributed by atoms with Crippen LogP contribution in [0, 0.1) is 0 Å². The topological polar surface area (TPSA) is 169 Å². The molecular weight excluding hydrogens is 332 g/mol. The van der Waals surface area contributed by atoms with Gasteiger partial charge in [-0.05, 0) is 0 Å². The first kappa shape index (κ1) is 20.3. The van der Waals surface area contributed by atoms with Crippen molar-refractivity contribution in [3.05, 3.63) is 0 Å². The van der Waals surface area contributed by atoms with Gasteiger partial charge in [0, 0.05) is 13.8 Å². The van der Waals surface area contributed by atoms with Crippen molar-refractivity contribution in [2.75, 3.05) is 13.2 Å². The first-order valence-corrected chi connectivity index (χ1v) is 6.98. The number of ether oxygens (including phenoxy) is 4. The Morgan fingerprint density at radius 2 is 1.62 bits per heavy atom. The van der Waals surface area contributed by atoms with E-state index >= 15 is 0 Å². The summed E-state index contributed by atoms with van der Waals surface area (Å²) < 4.78 is 19.5. The molecule has 0 unspecified atom stereocenters. The number of carboxylic acid groups (broad SMARTS) is 1. The van der Waals surface area contributed by atoms with Gasteiger partial charge in [0.2, 0.25) is 0 Å². The molecule has 11 heteroatoms. The predicted octanol–water partition coefficient (Wildman–Crippen LogP) is -2.61. The summed E-state index contributed by atoms with van der Waals surface area (Å²) in [5.41, 5.74) is 0. The van der Waals surface area contributed by atoms with Gasteiger partial charge in [0.25, 0.3) is 0 Å². The first-order chi connectivity index (χ1) is 11.1. The van der Waals surface area contributed by atoms with Crippen LogP contribution in [0.15, 0.2) is 0 Å². The number of aliphatic carboxylic acids is 1. The van der Waals surface area contributed by atoms with Gasteiger partial charge >= 0.3 is 17.9 Å². The molecule has 4 N–H and O–H groups in total. The van der Waals surface area contributed by atoms with Crippen molar-refractivity contribution in [1.29, 1.82) is 0 Å². The first-order valence-electron chi connectivity index (χ1n) is 6.98. The number of rotatable bonds is 7. The molecule has 1 rings (SSSR count). The molecule has 0 spiro atoms. The molecule has 6 atom stereocenters. The lowest BCUT2D eigenvalue weighted by Crippen LogP contribution is -2.60. The van der Waals surface area contributed by atoms with Crippen molar-refractivity contribution in [3.8, 4) is 0 Å². The molecule has 0 radical (unpaired) electrons. The maximum Gasteiger partial charge on any atom is 0.335 e.